The van der Waals surface area contributed by atoms with E-state index in [2.05, 4.69) is 0 Å². The van der Waals surface area contributed by atoms with E-state index in [0.717, 1.165) is 17.4 Å². The number of thiophene rings is 1. The van der Waals surface area contributed by atoms with Crippen molar-refractivity contribution in [3.05, 3.63) is 51.7 Å². The van der Waals surface area contributed by atoms with Crippen molar-refractivity contribution in [2.75, 3.05) is 5.75 Å². The number of hydrogen-bond donors (Lipinski definition) is 0. The highest BCUT2D eigenvalue weighted by molar-refractivity contribution is 7.91. The lowest BCUT2D eigenvalue weighted by molar-refractivity contribution is 0.112. The first-order valence-corrected chi connectivity index (χ1v) is 8.37. The smallest absolute Gasteiger partial charge is 0.178 e. The van der Waals surface area contributed by atoms with Crippen molar-refractivity contribution in [3.8, 4) is 0 Å². The van der Waals surface area contributed by atoms with Crippen LogP contribution in [-0.2, 0) is 16.3 Å². The summed E-state index contributed by atoms with van der Waals surface area (Å²) in [6.07, 6.45) is 1.15. The standard InChI is InChI=1S/C14H14O3S2/c1-11-2-4-13(5-3-11)19(16,17)9-7-12-6-8-18-14(12)10-15/h2-6,8,10H,7,9H2,1H3. The Hall–Kier alpha value is -1.46. The second-order valence-corrected chi connectivity index (χ2v) is 7.37. The molecule has 0 radical (unpaired) electrons. The number of sulfone groups is 1. The zero-order valence-electron chi connectivity index (χ0n) is 10.5. The normalized spacial score (nSPS) is 11.4. The minimum Gasteiger partial charge on any atom is -0.297 e. The van der Waals surface area contributed by atoms with Crippen LogP contribution in [0, 0.1) is 6.92 Å². The third-order valence-corrected chi connectivity index (χ3v) is 5.52. The van der Waals surface area contributed by atoms with Crippen LogP contribution in [0.4, 0.5) is 0 Å². The van der Waals surface area contributed by atoms with Gasteiger partial charge in [-0.2, -0.15) is 0 Å². The number of aldehydes is 1. The second kappa shape index (κ2) is 5.67. The molecular weight excluding hydrogens is 280 g/mol. The molecule has 2 rings (SSSR count). The fraction of sp³-hybridized carbons (Fsp3) is 0.214. The van der Waals surface area contributed by atoms with Gasteiger partial charge in [0.1, 0.15) is 0 Å². The Morgan fingerprint density at radius 1 is 1.16 bits per heavy atom. The molecule has 0 saturated heterocycles. The summed E-state index contributed by atoms with van der Waals surface area (Å²) in [7, 11) is -3.29. The molecule has 2 aromatic rings. The molecular formula is C14H14O3S2. The van der Waals surface area contributed by atoms with Gasteiger partial charge in [-0.15, -0.1) is 11.3 Å². The molecule has 0 aliphatic carbocycles. The van der Waals surface area contributed by atoms with E-state index >= 15 is 0 Å². The first-order valence-electron chi connectivity index (χ1n) is 5.84. The molecule has 0 fully saturated rings. The molecule has 0 atom stereocenters. The van der Waals surface area contributed by atoms with Crippen molar-refractivity contribution < 1.29 is 13.2 Å². The summed E-state index contributed by atoms with van der Waals surface area (Å²) in [4.78, 5) is 11.7. The molecule has 0 aliphatic rings. The molecule has 100 valence electrons. The lowest BCUT2D eigenvalue weighted by Crippen LogP contribution is -2.09. The van der Waals surface area contributed by atoms with E-state index in [-0.39, 0.29) is 5.75 Å². The molecule has 0 aliphatic heterocycles. The van der Waals surface area contributed by atoms with E-state index in [1.807, 2.05) is 6.92 Å². The fourth-order valence-corrected chi connectivity index (χ4v) is 3.80. The van der Waals surface area contributed by atoms with Gasteiger partial charge in [0.25, 0.3) is 0 Å². The molecule has 0 unspecified atom stereocenters. The minimum atomic E-state index is -3.29. The average molecular weight is 294 g/mol. The summed E-state index contributed by atoms with van der Waals surface area (Å²) in [5.74, 6) is 0.0215. The molecule has 0 amide bonds. The topological polar surface area (TPSA) is 51.2 Å². The number of carbonyl (C=O) groups excluding carboxylic acids is 1. The summed E-state index contributed by atoms with van der Waals surface area (Å²) in [6, 6.07) is 8.62. The van der Waals surface area contributed by atoms with Crippen molar-refractivity contribution in [1.29, 1.82) is 0 Å². The van der Waals surface area contributed by atoms with Gasteiger partial charge in [0, 0.05) is 0 Å². The Morgan fingerprint density at radius 2 is 1.84 bits per heavy atom. The molecule has 0 saturated carbocycles. The predicted octanol–water partition coefficient (Wildman–Crippen LogP) is 2.89. The van der Waals surface area contributed by atoms with E-state index in [1.165, 1.54) is 11.3 Å². The average Bonchev–Trinajstić information content (AvgIpc) is 2.84. The van der Waals surface area contributed by atoms with Crippen LogP contribution >= 0.6 is 11.3 Å². The van der Waals surface area contributed by atoms with E-state index in [0.29, 0.717) is 16.2 Å². The van der Waals surface area contributed by atoms with Gasteiger partial charge < -0.3 is 0 Å². The van der Waals surface area contributed by atoms with E-state index in [4.69, 9.17) is 0 Å². The first-order chi connectivity index (χ1) is 9.03. The van der Waals surface area contributed by atoms with Crippen LogP contribution in [0.25, 0.3) is 0 Å². The SMILES string of the molecule is Cc1ccc(S(=O)(=O)CCc2ccsc2C=O)cc1. The maximum absolute atomic E-state index is 12.2. The third kappa shape index (κ3) is 3.30. The molecule has 0 spiro atoms. The number of hydrogen-bond acceptors (Lipinski definition) is 4. The molecule has 0 bridgehead atoms. The zero-order chi connectivity index (χ0) is 13.9. The first kappa shape index (κ1) is 14.0. The van der Waals surface area contributed by atoms with E-state index < -0.39 is 9.84 Å². The number of benzene rings is 1. The highest BCUT2D eigenvalue weighted by Crippen LogP contribution is 2.18. The quantitative estimate of drug-likeness (QED) is 0.797. The van der Waals surface area contributed by atoms with E-state index in [1.54, 1.807) is 35.7 Å². The molecule has 0 N–H and O–H groups in total. The zero-order valence-corrected chi connectivity index (χ0v) is 12.1. The van der Waals surface area contributed by atoms with Crippen molar-refractivity contribution in [2.45, 2.75) is 18.2 Å². The molecule has 1 heterocycles. The second-order valence-electron chi connectivity index (χ2n) is 4.31. The van der Waals surface area contributed by atoms with Gasteiger partial charge in [-0.1, -0.05) is 17.7 Å². The molecule has 1 aromatic carbocycles. The Labute approximate surface area is 116 Å². The van der Waals surface area contributed by atoms with Gasteiger partial charge in [0.05, 0.1) is 15.5 Å². The van der Waals surface area contributed by atoms with Crippen LogP contribution in [0.3, 0.4) is 0 Å². The third-order valence-electron chi connectivity index (χ3n) is 2.91. The largest absolute Gasteiger partial charge is 0.297 e. The van der Waals surface area contributed by atoms with Crippen LogP contribution in [0.15, 0.2) is 40.6 Å². The van der Waals surface area contributed by atoms with E-state index in [9.17, 15) is 13.2 Å². The molecule has 5 heteroatoms. The maximum atomic E-state index is 12.2. The van der Waals surface area contributed by atoms with Gasteiger partial charge in [-0.25, -0.2) is 8.42 Å². The molecule has 19 heavy (non-hydrogen) atoms. The van der Waals surface area contributed by atoms with Gasteiger partial charge in [-0.3, -0.25) is 4.79 Å². The molecule has 3 nitrogen and oxygen atoms in total. The van der Waals surface area contributed by atoms with Gasteiger partial charge in [0.2, 0.25) is 0 Å². The van der Waals surface area contributed by atoms with Gasteiger partial charge >= 0.3 is 0 Å². The summed E-state index contributed by atoms with van der Waals surface area (Å²) in [5.41, 5.74) is 1.83. The highest BCUT2D eigenvalue weighted by Gasteiger charge is 2.15. The lowest BCUT2D eigenvalue weighted by atomic mass is 10.2. The Kier molecular flexibility index (Phi) is 4.17. The van der Waals surface area contributed by atoms with Crippen LogP contribution in [0.1, 0.15) is 20.8 Å². The number of rotatable bonds is 5. The van der Waals surface area contributed by atoms with Crippen molar-refractivity contribution in [3.63, 3.8) is 0 Å². The molecule has 1 aromatic heterocycles. The maximum Gasteiger partial charge on any atom is 0.178 e. The monoisotopic (exact) mass is 294 g/mol. The van der Waals surface area contributed by atoms with Crippen molar-refractivity contribution in [2.24, 2.45) is 0 Å². The Balaban J connectivity index is 2.14. The van der Waals surface area contributed by atoms with Crippen molar-refractivity contribution >= 4 is 27.5 Å². The van der Waals surface area contributed by atoms with Gasteiger partial charge in [-0.05, 0) is 42.5 Å². The Bertz CT molecular complexity index is 667. The van der Waals surface area contributed by atoms with Gasteiger partial charge in [0.15, 0.2) is 16.1 Å². The van der Waals surface area contributed by atoms with Crippen LogP contribution < -0.4 is 0 Å². The van der Waals surface area contributed by atoms with Crippen molar-refractivity contribution in [1.82, 2.24) is 0 Å². The predicted molar refractivity (Wildman–Crippen MR) is 76.6 cm³/mol. The highest BCUT2D eigenvalue weighted by atomic mass is 32.2. The summed E-state index contributed by atoms with van der Waals surface area (Å²) >= 11 is 1.34. The van der Waals surface area contributed by atoms with Crippen LogP contribution in [-0.4, -0.2) is 20.5 Å². The fourth-order valence-electron chi connectivity index (χ4n) is 1.77. The lowest BCUT2D eigenvalue weighted by Gasteiger charge is -2.04. The summed E-state index contributed by atoms with van der Waals surface area (Å²) in [5, 5.41) is 1.80. The minimum absolute atomic E-state index is 0.0215. The Morgan fingerprint density at radius 3 is 2.47 bits per heavy atom. The van der Waals surface area contributed by atoms with Crippen LogP contribution in [0.2, 0.25) is 0 Å². The summed E-state index contributed by atoms with van der Waals surface area (Å²) < 4.78 is 24.3. The summed E-state index contributed by atoms with van der Waals surface area (Å²) in [6.45, 7) is 1.91. The number of carbonyl (C=O) groups is 1. The number of aryl methyl sites for hydroxylation is 2. The van der Waals surface area contributed by atoms with Crippen LogP contribution in [0.5, 0.6) is 0 Å².